The fourth-order valence-electron chi connectivity index (χ4n) is 10.2. The third-order valence-electron chi connectivity index (χ3n) is 15.1. The molecular weight excluding hydrogens is 1030 g/mol. The van der Waals surface area contributed by atoms with Gasteiger partial charge in [-0.3, -0.25) is 38.6 Å². The summed E-state index contributed by atoms with van der Waals surface area (Å²) in [6.07, 6.45) is 4.03. The SMILES string of the molecule is CCCCC[C@H]1CN2CCNC(=O)c3ccc(c(C)c3C)C(=O)NCCN(CCNC(=O)c3ccc(c(C)c3C)C(=O)N[C@@H](CCCN=[N+]=[N-])C2)CCNC(=O)c2ccc(c(OCc3ccccc3)c2OCc2ccccc2)C(=O)N1. The summed E-state index contributed by atoms with van der Waals surface area (Å²) in [7, 11) is 0. The van der Waals surface area contributed by atoms with Crippen molar-refractivity contribution in [1.29, 1.82) is 0 Å². The maximum Gasteiger partial charge on any atom is 0.255 e. The standard InChI is InChI=1S/C62H77N11O8/c1-6-7-10-20-47-37-73-36-32-66-59(76)50-23-22-49(41(2)42(50)3)57(74)64-29-33-72(34-30-65-58(75)51-24-25-52(44(5)43(51)4)61(78)69-48(38-73)21-15-28-68-71-63)35-31-67-60(77)53-26-27-54(62(79)70-47)56(81-40-46-18-13-9-14-19-46)55(53)80-39-45-16-11-8-12-17-45/h8-9,11-14,16-19,22-27,47-48H,6-7,10,15,20-21,28-40H2,1-5H3,(H,64,74)(H,65,75)(H,66,76)(H,67,77)(H,69,78)(H,70,79)/t47-,48-/m0/s1. The molecule has 19 heteroatoms. The molecule has 428 valence electrons. The van der Waals surface area contributed by atoms with E-state index in [1.165, 1.54) is 0 Å². The van der Waals surface area contributed by atoms with E-state index in [0.29, 0.717) is 89.9 Å². The Hall–Kier alpha value is -8.25. The normalized spacial score (nSPS) is 18.9. The lowest BCUT2D eigenvalue weighted by molar-refractivity contribution is 0.0889. The highest BCUT2D eigenvalue weighted by Gasteiger charge is 2.29. The number of ether oxygens (including phenoxy) is 2. The number of nitrogens with zero attached hydrogens (tertiary/aromatic N) is 5. The average molecular weight is 1100 g/mol. The highest BCUT2D eigenvalue weighted by molar-refractivity contribution is 6.04. The molecule has 17 rings (SSSR count). The van der Waals surface area contributed by atoms with Crippen molar-refractivity contribution < 1.29 is 38.2 Å². The number of unbranched alkanes of at least 4 members (excludes halogenated alkanes) is 2. The minimum Gasteiger partial charge on any atom is -0.484 e. The van der Waals surface area contributed by atoms with Crippen molar-refractivity contribution in [3.8, 4) is 11.5 Å². The van der Waals surface area contributed by atoms with Crippen LogP contribution in [-0.4, -0.2) is 129 Å². The van der Waals surface area contributed by atoms with Crippen LogP contribution in [0.2, 0.25) is 0 Å². The topological polar surface area (TPSA) is 248 Å². The van der Waals surface area contributed by atoms with Crippen molar-refractivity contribution >= 4 is 35.4 Å². The Kier molecular flexibility index (Phi) is 22.6. The van der Waals surface area contributed by atoms with Gasteiger partial charge in [0.15, 0.2) is 11.5 Å². The second kappa shape index (κ2) is 30.4. The Morgan fingerprint density at radius 2 is 0.840 bits per heavy atom. The molecule has 12 aliphatic heterocycles. The highest BCUT2D eigenvalue weighted by Crippen LogP contribution is 2.37. The summed E-state index contributed by atoms with van der Waals surface area (Å²) >= 11 is 0. The third-order valence-corrected chi connectivity index (χ3v) is 15.1. The minimum atomic E-state index is -0.513. The van der Waals surface area contributed by atoms with E-state index in [2.05, 4.69) is 53.8 Å². The van der Waals surface area contributed by atoms with Crippen molar-refractivity contribution in [1.82, 2.24) is 41.7 Å². The predicted octanol–water partition coefficient (Wildman–Crippen LogP) is 7.90. The number of hydrogen-bond acceptors (Lipinski definition) is 11. The van der Waals surface area contributed by atoms with E-state index in [0.717, 1.165) is 30.4 Å². The predicted molar refractivity (Wildman–Crippen MR) is 312 cm³/mol. The largest absolute Gasteiger partial charge is 0.484 e. The fourth-order valence-corrected chi connectivity index (χ4v) is 10.2. The van der Waals surface area contributed by atoms with E-state index in [-0.39, 0.29) is 105 Å². The number of azide groups is 1. The molecule has 6 amide bonds. The van der Waals surface area contributed by atoms with Gasteiger partial charge in [-0.2, -0.15) is 0 Å². The Morgan fingerprint density at radius 3 is 1.26 bits per heavy atom. The Morgan fingerprint density at radius 1 is 0.481 bits per heavy atom. The minimum absolute atomic E-state index is 0.0499. The van der Waals surface area contributed by atoms with Crippen LogP contribution >= 0.6 is 0 Å². The summed E-state index contributed by atoms with van der Waals surface area (Å²) in [5, 5.41) is 22.6. The van der Waals surface area contributed by atoms with Crippen molar-refractivity contribution in [2.45, 2.75) is 98.4 Å². The van der Waals surface area contributed by atoms with Crippen molar-refractivity contribution in [2.24, 2.45) is 5.11 Å². The van der Waals surface area contributed by atoms with Crippen molar-refractivity contribution in [3.63, 3.8) is 0 Å². The first kappa shape index (κ1) is 60.4. The summed E-state index contributed by atoms with van der Waals surface area (Å²) < 4.78 is 13.2. The van der Waals surface area contributed by atoms with Crippen LogP contribution in [0.25, 0.3) is 10.4 Å². The second-order valence-corrected chi connectivity index (χ2v) is 20.7. The molecular formula is C62H77N11O8. The molecule has 0 spiro atoms. The van der Waals surface area contributed by atoms with Crippen molar-refractivity contribution in [3.05, 3.63) is 174 Å². The second-order valence-electron chi connectivity index (χ2n) is 20.7. The van der Waals surface area contributed by atoms with Gasteiger partial charge in [0.2, 0.25) is 0 Å². The number of rotatable bonds is 14. The first-order chi connectivity index (χ1) is 39.3. The molecule has 6 N–H and O–H groups in total. The van der Waals surface area contributed by atoms with Crippen LogP contribution in [0.3, 0.4) is 0 Å². The summed E-state index contributed by atoms with van der Waals surface area (Å²) in [6.45, 7) is 12.2. The van der Waals surface area contributed by atoms with Gasteiger partial charge in [0.05, 0.1) is 11.1 Å². The lowest BCUT2D eigenvalue weighted by Crippen LogP contribution is -2.51. The smallest absolute Gasteiger partial charge is 0.255 e. The van der Waals surface area contributed by atoms with Crippen LogP contribution in [0.5, 0.6) is 11.5 Å². The maximum absolute atomic E-state index is 15.2. The van der Waals surface area contributed by atoms with Gasteiger partial charge in [0, 0.05) is 111 Å². The van der Waals surface area contributed by atoms with Gasteiger partial charge < -0.3 is 41.4 Å². The van der Waals surface area contributed by atoms with E-state index in [1.807, 2.05) is 93.3 Å². The number of amides is 6. The van der Waals surface area contributed by atoms with Gasteiger partial charge in [-0.1, -0.05) is 92.0 Å². The summed E-state index contributed by atoms with van der Waals surface area (Å²) in [6, 6.07) is 27.8. The molecule has 19 nitrogen and oxygen atoms in total. The number of carbonyl (C=O) groups is 6. The van der Waals surface area contributed by atoms with Crippen LogP contribution in [0, 0.1) is 27.7 Å². The highest BCUT2D eigenvalue weighted by atomic mass is 16.5. The Balaban J connectivity index is 1.36. The molecule has 0 fully saturated rings. The lowest BCUT2D eigenvalue weighted by Gasteiger charge is -2.32. The first-order valence-corrected chi connectivity index (χ1v) is 28.2. The monoisotopic (exact) mass is 1100 g/mol. The number of hydrogen-bond donors (Lipinski definition) is 6. The summed E-state index contributed by atoms with van der Waals surface area (Å²) in [5.41, 5.74) is 15.4. The summed E-state index contributed by atoms with van der Waals surface area (Å²) in [5.74, 6) is -2.05. The van der Waals surface area contributed by atoms with E-state index in [4.69, 9.17) is 9.47 Å². The van der Waals surface area contributed by atoms with Crippen LogP contribution in [0.15, 0.2) is 102 Å². The molecule has 5 aromatic carbocycles. The number of nitrogens with one attached hydrogen (secondary N) is 6. The zero-order valence-corrected chi connectivity index (χ0v) is 47.3. The van der Waals surface area contributed by atoms with Crippen molar-refractivity contribution in [2.75, 3.05) is 72.0 Å². The van der Waals surface area contributed by atoms with Crippen LogP contribution in [0.1, 0.15) is 141 Å². The quantitative estimate of drug-likeness (QED) is 0.0272. The van der Waals surface area contributed by atoms with E-state index < -0.39 is 23.9 Å². The average Bonchev–Trinajstić information content (AvgIpc) is 3.46. The van der Waals surface area contributed by atoms with Crippen LogP contribution in [-0.2, 0) is 13.2 Å². The molecule has 5 aromatic rings. The van der Waals surface area contributed by atoms with E-state index in [1.54, 1.807) is 36.4 Å². The molecule has 8 bridgehead atoms. The van der Waals surface area contributed by atoms with Crippen LogP contribution < -0.4 is 41.4 Å². The van der Waals surface area contributed by atoms with E-state index >= 15 is 4.79 Å². The Bertz CT molecular complexity index is 3060. The fraction of sp³-hybridized carbons (Fsp3) is 0.419. The molecule has 12 heterocycles. The van der Waals surface area contributed by atoms with Gasteiger partial charge in [-0.15, -0.1) is 0 Å². The van der Waals surface area contributed by atoms with Gasteiger partial charge in [-0.25, -0.2) is 0 Å². The zero-order valence-electron chi connectivity index (χ0n) is 47.3. The third kappa shape index (κ3) is 16.9. The van der Waals surface area contributed by atoms with E-state index in [9.17, 15) is 29.5 Å². The van der Waals surface area contributed by atoms with Crippen LogP contribution in [0.4, 0.5) is 0 Å². The number of benzene rings is 5. The first-order valence-electron chi connectivity index (χ1n) is 28.2. The molecule has 12 aliphatic rings. The maximum atomic E-state index is 15.2. The molecule has 4 atom stereocenters. The van der Waals surface area contributed by atoms with Gasteiger partial charge in [0.25, 0.3) is 35.4 Å². The molecule has 0 radical (unpaired) electrons. The van der Waals surface area contributed by atoms with Gasteiger partial charge in [0.1, 0.15) is 13.2 Å². The number of carbonyl (C=O) groups excluding carboxylic acids is 6. The molecule has 0 aliphatic carbocycles. The zero-order chi connectivity index (χ0) is 57.7. The molecule has 2 unspecified atom stereocenters. The summed E-state index contributed by atoms with van der Waals surface area (Å²) in [4.78, 5) is 93.3. The van der Waals surface area contributed by atoms with Gasteiger partial charge >= 0.3 is 0 Å². The molecule has 0 saturated carbocycles. The van der Waals surface area contributed by atoms with Gasteiger partial charge in [-0.05, 0) is 122 Å². The lowest BCUT2D eigenvalue weighted by atomic mass is 9.96. The molecule has 81 heavy (non-hydrogen) atoms. The Labute approximate surface area is 474 Å². The molecule has 0 aromatic heterocycles. The molecule has 0 saturated heterocycles.